The Bertz CT molecular complexity index is 456. The Balaban J connectivity index is 1.63. The molecule has 0 radical (unpaired) electrons. The molecule has 1 aromatic rings. The van der Waals surface area contributed by atoms with Gasteiger partial charge in [-0.2, -0.15) is 0 Å². The van der Waals surface area contributed by atoms with Crippen molar-refractivity contribution in [2.24, 2.45) is 5.92 Å². The molecule has 1 fully saturated rings. The molecule has 1 amide bonds. The van der Waals surface area contributed by atoms with E-state index < -0.39 is 0 Å². The largest absolute Gasteiger partial charge is 0.364 e. The highest BCUT2D eigenvalue weighted by Crippen LogP contribution is 2.16. The van der Waals surface area contributed by atoms with Gasteiger partial charge in [0.2, 0.25) is 0 Å². The van der Waals surface area contributed by atoms with Crippen molar-refractivity contribution in [3.05, 3.63) is 29.7 Å². The van der Waals surface area contributed by atoms with Gasteiger partial charge in [0, 0.05) is 19.2 Å². The minimum absolute atomic E-state index is 0.144. The summed E-state index contributed by atoms with van der Waals surface area (Å²) in [6, 6.07) is 1.58. The lowest BCUT2D eigenvalue weighted by Gasteiger charge is -2.31. The van der Waals surface area contributed by atoms with Crippen molar-refractivity contribution in [3.8, 4) is 0 Å². The topological polar surface area (TPSA) is 58.4 Å². The molecule has 116 valence electrons. The van der Waals surface area contributed by atoms with E-state index in [-0.39, 0.29) is 5.91 Å². The van der Waals surface area contributed by atoms with Crippen LogP contribution in [0.2, 0.25) is 0 Å². The van der Waals surface area contributed by atoms with Crippen molar-refractivity contribution >= 4 is 5.91 Å². The van der Waals surface area contributed by atoms with Crippen LogP contribution in [0.5, 0.6) is 0 Å². The Labute approximate surface area is 126 Å². The zero-order chi connectivity index (χ0) is 15.1. The van der Waals surface area contributed by atoms with Crippen LogP contribution in [0, 0.1) is 5.92 Å². The number of carbonyl (C=O) groups excluding carboxylic acids is 1. The smallest absolute Gasteiger partial charge is 0.273 e. The molecule has 0 spiro atoms. The fourth-order valence-corrected chi connectivity index (χ4v) is 2.61. The summed E-state index contributed by atoms with van der Waals surface area (Å²) >= 11 is 0. The quantitative estimate of drug-likeness (QED) is 0.818. The number of allylic oxidation sites excluding steroid dienone is 1. The molecular weight excluding hydrogens is 266 g/mol. The van der Waals surface area contributed by atoms with Crippen molar-refractivity contribution in [3.63, 3.8) is 0 Å². The lowest BCUT2D eigenvalue weighted by molar-refractivity contribution is 0.0927. The van der Waals surface area contributed by atoms with Crippen molar-refractivity contribution in [2.45, 2.75) is 33.1 Å². The van der Waals surface area contributed by atoms with Gasteiger partial charge in [0.15, 0.2) is 5.69 Å². The molecule has 1 aliphatic rings. The summed E-state index contributed by atoms with van der Waals surface area (Å²) in [5, 5.41) is 6.58. The summed E-state index contributed by atoms with van der Waals surface area (Å²) < 4.78 is 4.67. The number of hydrogen-bond acceptors (Lipinski definition) is 4. The van der Waals surface area contributed by atoms with Gasteiger partial charge in [-0.3, -0.25) is 4.79 Å². The van der Waals surface area contributed by atoms with Crippen LogP contribution in [0.15, 0.2) is 28.5 Å². The van der Waals surface area contributed by atoms with Crippen molar-refractivity contribution in [1.82, 2.24) is 15.4 Å². The average Bonchev–Trinajstić information content (AvgIpc) is 3.00. The highest BCUT2D eigenvalue weighted by atomic mass is 16.5. The zero-order valence-electron chi connectivity index (χ0n) is 13.0. The van der Waals surface area contributed by atoms with Crippen LogP contribution in [0.1, 0.15) is 43.6 Å². The maximum absolute atomic E-state index is 11.8. The van der Waals surface area contributed by atoms with Crippen LogP contribution in [0.4, 0.5) is 0 Å². The van der Waals surface area contributed by atoms with Gasteiger partial charge in [0.05, 0.1) is 0 Å². The van der Waals surface area contributed by atoms with E-state index in [1.54, 1.807) is 6.07 Å². The van der Waals surface area contributed by atoms with Crippen LogP contribution < -0.4 is 5.32 Å². The first-order valence-electron chi connectivity index (χ1n) is 7.69. The third kappa shape index (κ3) is 5.34. The maximum atomic E-state index is 11.8. The van der Waals surface area contributed by atoms with E-state index in [0.29, 0.717) is 11.6 Å². The number of likely N-dealkylation sites (tertiary alicyclic amines) is 1. The molecule has 5 heteroatoms. The summed E-state index contributed by atoms with van der Waals surface area (Å²) in [7, 11) is 0. The number of carbonyl (C=O) groups is 1. The van der Waals surface area contributed by atoms with E-state index >= 15 is 0 Å². The van der Waals surface area contributed by atoms with E-state index in [1.807, 2.05) is 0 Å². The zero-order valence-corrected chi connectivity index (χ0v) is 13.0. The van der Waals surface area contributed by atoms with Gasteiger partial charge in [-0.05, 0) is 52.1 Å². The fourth-order valence-electron chi connectivity index (χ4n) is 2.61. The van der Waals surface area contributed by atoms with Crippen LogP contribution in [-0.2, 0) is 0 Å². The molecule has 1 N–H and O–H groups in total. The van der Waals surface area contributed by atoms with Crippen LogP contribution >= 0.6 is 0 Å². The molecule has 0 atom stereocenters. The summed E-state index contributed by atoms with van der Waals surface area (Å²) in [5.41, 5.74) is 1.75. The number of amides is 1. The highest BCUT2D eigenvalue weighted by Gasteiger charge is 2.19. The molecule has 1 aliphatic heterocycles. The molecule has 0 bridgehead atoms. The summed E-state index contributed by atoms with van der Waals surface area (Å²) in [4.78, 5) is 14.3. The second kappa shape index (κ2) is 7.98. The molecule has 2 heterocycles. The predicted octanol–water partition coefficient (Wildman–Crippen LogP) is 2.47. The molecule has 1 aromatic heterocycles. The molecule has 21 heavy (non-hydrogen) atoms. The average molecular weight is 291 g/mol. The van der Waals surface area contributed by atoms with Crippen LogP contribution in [0.25, 0.3) is 0 Å². The van der Waals surface area contributed by atoms with Gasteiger partial charge in [-0.25, -0.2) is 0 Å². The van der Waals surface area contributed by atoms with Gasteiger partial charge in [-0.1, -0.05) is 16.8 Å². The Morgan fingerprint density at radius 1 is 1.48 bits per heavy atom. The number of aromatic nitrogens is 1. The molecule has 0 unspecified atom stereocenters. The molecule has 0 saturated carbocycles. The molecule has 0 aliphatic carbocycles. The Kier molecular flexibility index (Phi) is 5.99. The second-order valence-electron chi connectivity index (χ2n) is 5.95. The number of nitrogens with zero attached hydrogens (tertiary/aromatic N) is 2. The van der Waals surface area contributed by atoms with Crippen molar-refractivity contribution in [2.75, 3.05) is 26.2 Å². The van der Waals surface area contributed by atoms with E-state index in [0.717, 1.165) is 45.4 Å². The predicted molar refractivity (Wildman–Crippen MR) is 82.0 cm³/mol. The molecule has 1 saturated heterocycles. The number of rotatable bonds is 6. The molecule has 2 rings (SSSR count). The van der Waals surface area contributed by atoms with Crippen molar-refractivity contribution in [1.29, 1.82) is 0 Å². The standard InChI is InChI=1S/C16H25N3O2/c1-13(2)4-3-8-19-9-5-14(6-10-19)12-17-16(20)15-7-11-21-18-15/h4,7,11,14H,3,5-6,8-10,12H2,1-2H3,(H,17,20). The lowest BCUT2D eigenvalue weighted by atomic mass is 9.96. The minimum Gasteiger partial charge on any atom is -0.364 e. The Morgan fingerprint density at radius 3 is 2.86 bits per heavy atom. The fraction of sp³-hybridized carbons (Fsp3) is 0.625. The van der Waals surface area contributed by atoms with E-state index in [1.165, 1.54) is 11.8 Å². The lowest BCUT2D eigenvalue weighted by Crippen LogP contribution is -2.39. The van der Waals surface area contributed by atoms with Gasteiger partial charge in [-0.15, -0.1) is 0 Å². The van der Waals surface area contributed by atoms with Gasteiger partial charge in [0.25, 0.3) is 5.91 Å². The maximum Gasteiger partial charge on any atom is 0.273 e. The number of hydrogen-bond donors (Lipinski definition) is 1. The van der Waals surface area contributed by atoms with Crippen LogP contribution in [0.3, 0.4) is 0 Å². The van der Waals surface area contributed by atoms with E-state index in [9.17, 15) is 4.79 Å². The summed E-state index contributed by atoms with van der Waals surface area (Å²) in [6.45, 7) is 8.41. The van der Waals surface area contributed by atoms with E-state index in [4.69, 9.17) is 0 Å². The SMILES string of the molecule is CC(C)=CCCN1CCC(CNC(=O)c2ccon2)CC1. The third-order valence-electron chi connectivity index (χ3n) is 3.93. The third-order valence-corrected chi connectivity index (χ3v) is 3.93. The summed E-state index contributed by atoms with van der Waals surface area (Å²) in [6.07, 6.45) is 7.14. The second-order valence-corrected chi connectivity index (χ2v) is 5.95. The van der Waals surface area contributed by atoms with Gasteiger partial charge in [0.1, 0.15) is 6.26 Å². The first kappa shape index (κ1) is 15.8. The molecule has 0 aromatic carbocycles. The Morgan fingerprint density at radius 2 is 2.24 bits per heavy atom. The van der Waals surface area contributed by atoms with Gasteiger partial charge >= 0.3 is 0 Å². The summed E-state index contributed by atoms with van der Waals surface area (Å²) in [5.74, 6) is 0.426. The molecule has 5 nitrogen and oxygen atoms in total. The highest BCUT2D eigenvalue weighted by molar-refractivity contribution is 5.91. The van der Waals surface area contributed by atoms with E-state index in [2.05, 4.69) is 39.8 Å². The number of piperidine rings is 1. The van der Waals surface area contributed by atoms with Crippen LogP contribution in [-0.4, -0.2) is 42.1 Å². The molecular formula is C16H25N3O2. The first-order chi connectivity index (χ1) is 10.1. The first-order valence-corrected chi connectivity index (χ1v) is 7.69. The normalized spacial score (nSPS) is 16.7. The monoisotopic (exact) mass is 291 g/mol. The van der Waals surface area contributed by atoms with Gasteiger partial charge < -0.3 is 14.7 Å². The Hall–Kier alpha value is -1.62. The number of nitrogens with one attached hydrogen (secondary N) is 1. The minimum atomic E-state index is -0.144. The van der Waals surface area contributed by atoms with Crippen molar-refractivity contribution < 1.29 is 9.32 Å².